The molecular formula is C16H25N3O. The summed E-state index contributed by atoms with van der Waals surface area (Å²) in [5, 5.41) is 4.75. The van der Waals surface area contributed by atoms with Gasteiger partial charge in [-0.1, -0.05) is 12.8 Å². The van der Waals surface area contributed by atoms with E-state index < -0.39 is 0 Å². The summed E-state index contributed by atoms with van der Waals surface area (Å²) < 4.78 is 2.17. The minimum atomic E-state index is 0.294. The molecule has 4 heteroatoms. The first-order valence-electron chi connectivity index (χ1n) is 7.99. The van der Waals surface area contributed by atoms with E-state index in [-0.39, 0.29) is 0 Å². The number of aromatic nitrogens is 2. The van der Waals surface area contributed by atoms with Crippen LogP contribution in [0.25, 0.3) is 0 Å². The Labute approximate surface area is 121 Å². The zero-order chi connectivity index (χ0) is 13.9. The fourth-order valence-electron chi connectivity index (χ4n) is 3.56. The first kappa shape index (κ1) is 13.8. The number of carbonyl (C=O) groups is 1. The van der Waals surface area contributed by atoms with Crippen LogP contribution in [-0.2, 0) is 11.3 Å². The molecule has 2 aliphatic rings. The second-order valence-electron chi connectivity index (χ2n) is 6.39. The van der Waals surface area contributed by atoms with Gasteiger partial charge in [0.2, 0.25) is 0 Å². The van der Waals surface area contributed by atoms with E-state index in [4.69, 9.17) is 5.10 Å². The molecule has 1 aromatic rings. The summed E-state index contributed by atoms with van der Waals surface area (Å²) in [5.41, 5.74) is 1.18. The molecule has 20 heavy (non-hydrogen) atoms. The van der Waals surface area contributed by atoms with Crippen molar-refractivity contribution in [2.45, 2.75) is 58.0 Å². The van der Waals surface area contributed by atoms with Gasteiger partial charge in [0.25, 0.3) is 0 Å². The number of hydrogen-bond donors (Lipinski definition) is 0. The Morgan fingerprint density at radius 3 is 2.60 bits per heavy atom. The van der Waals surface area contributed by atoms with Gasteiger partial charge < -0.3 is 0 Å². The van der Waals surface area contributed by atoms with E-state index in [9.17, 15) is 4.79 Å². The topological polar surface area (TPSA) is 38.1 Å². The largest absolute Gasteiger partial charge is 0.300 e. The summed E-state index contributed by atoms with van der Waals surface area (Å²) >= 11 is 0. The highest BCUT2D eigenvalue weighted by molar-refractivity contribution is 5.78. The highest BCUT2D eigenvalue weighted by atomic mass is 16.1. The number of likely N-dealkylation sites (tertiary alicyclic amines) is 1. The number of piperidine rings is 1. The van der Waals surface area contributed by atoms with E-state index in [1.807, 2.05) is 0 Å². The van der Waals surface area contributed by atoms with Crippen LogP contribution in [0, 0.1) is 5.92 Å². The fourth-order valence-corrected chi connectivity index (χ4v) is 3.56. The van der Waals surface area contributed by atoms with E-state index in [1.165, 1.54) is 31.4 Å². The third kappa shape index (κ3) is 3.11. The van der Waals surface area contributed by atoms with Gasteiger partial charge in [0.15, 0.2) is 0 Å². The summed E-state index contributed by atoms with van der Waals surface area (Å²) in [6.07, 6.45) is 9.43. The van der Waals surface area contributed by atoms with Crippen LogP contribution in [0.1, 0.15) is 57.2 Å². The maximum absolute atomic E-state index is 11.4. The summed E-state index contributed by atoms with van der Waals surface area (Å²) in [6, 6.07) is 2.79. The fraction of sp³-hybridized carbons (Fsp3) is 0.750. The average molecular weight is 275 g/mol. The Hall–Kier alpha value is -1.16. The summed E-state index contributed by atoms with van der Waals surface area (Å²) in [7, 11) is 0. The van der Waals surface area contributed by atoms with Crippen LogP contribution in [0.5, 0.6) is 0 Å². The molecule has 1 aliphatic carbocycles. The lowest BCUT2D eigenvalue weighted by Crippen LogP contribution is -2.35. The van der Waals surface area contributed by atoms with Crippen molar-refractivity contribution in [1.29, 1.82) is 0 Å². The molecule has 1 saturated carbocycles. The van der Waals surface area contributed by atoms with Crippen molar-refractivity contribution < 1.29 is 4.79 Å². The van der Waals surface area contributed by atoms with Gasteiger partial charge in [0, 0.05) is 18.7 Å². The molecule has 2 heterocycles. The van der Waals surface area contributed by atoms with Crippen LogP contribution in [0.4, 0.5) is 0 Å². The van der Waals surface area contributed by atoms with E-state index in [1.54, 1.807) is 6.92 Å². The first-order valence-corrected chi connectivity index (χ1v) is 7.99. The zero-order valence-electron chi connectivity index (χ0n) is 12.4. The zero-order valence-corrected chi connectivity index (χ0v) is 12.4. The number of nitrogens with zero attached hydrogens (tertiary/aromatic N) is 3. The summed E-state index contributed by atoms with van der Waals surface area (Å²) in [4.78, 5) is 13.8. The molecule has 1 aromatic heterocycles. The third-order valence-corrected chi connectivity index (χ3v) is 4.91. The molecule has 0 N–H and O–H groups in total. The highest BCUT2D eigenvalue weighted by Gasteiger charge is 2.23. The lowest BCUT2D eigenvalue weighted by molar-refractivity contribution is -0.122. The molecule has 110 valence electrons. The van der Waals surface area contributed by atoms with E-state index in [2.05, 4.69) is 21.8 Å². The quantitative estimate of drug-likeness (QED) is 0.848. The summed E-state index contributed by atoms with van der Waals surface area (Å²) in [5.74, 6) is 0.650. The number of Topliss-reactive ketones (excluding diaryl/α,β-unsaturated/α-hetero) is 1. The predicted octanol–water partition coefficient (Wildman–Crippen LogP) is 2.80. The Bertz CT molecular complexity index is 454. The van der Waals surface area contributed by atoms with Gasteiger partial charge >= 0.3 is 0 Å². The van der Waals surface area contributed by atoms with Gasteiger partial charge in [-0.05, 0) is 51.8 Å². The van der Waals surface area contributed by atoms with Crippen molar-refractivity contribution in [2.75, 3.05) is 13.1 Å². The summed E-state index contributed by atoms with van der Waals surface area (Å²) in [6.45, 7) is 4.72. The predicted molar refractivity (Wildman–Crippen MR) is 78.4 cm³/mol. The molecule has 0 unspecified atom stereocenters. The molecule has 4 nitrogen and oxygen atoms in total. The number of carbonyl (C=O) groups excluding carboxylic acids is 1. The Morgan fingerprint density at radius 1 is 1.25 bits per heavy atom. The molecule has 2 fully saturated rings. The number of ketones is 1. The van der Waals surface area contributed by atoms with Crippen LogP contribution in [0.15, 0.2) is 12.3 Å². The third-order valence-electron chi connectivity index (χ3n) is 4.91. The second kappa shape index (κ2) is 6.08. The van der Waals surface area contributed by atoms with Gasteiger partial charge in [0.1, 0.15) is 5.78 Å². The lowest BCUT2D eigenvalue weighted by atomic mass is 9.93. The van der Waals surface area contributed by atoms with Crippen LogP contribution in [0.2, 0.25) is 0 Å². The van der Waals surface area contributed by atoms with Gasteiger partial charge in [0.05, 0.1) is 11.7 Å². The molecular weight excluding hydrogens is 250 g/mol. The van der Waals surface area contributed by atoms with Crippen LogP contribution < -0.4 is 0 Å². The van der Waals surface area contributed by atoms with Crippen LogP contribution in [-0.4, -0.2) is 33.6 Å². The highest BCUT2D eigenvalue weighted by Crippen LogP contribution is 2.29. The van der Waals surface area contributed by atoms with Crippen molar-refractivity contribution in [3.63, 3.8) is 0 Å². The molecule has 0 amide bonds. The van der Waals surface area contributed by atoms with Crippen molar-refractivity contribution in [3.8, 4) is 0 Å². The van der Waals surface area contributed by atoms with Crippen molar-refractivity contribution in [1.82, 2.24) is 14.7 Å². The normalized spacial score (nSPS) is 22.4. The number of hydrogen-bond acceptors (Lipinski definition) is 3. The van der Waals surface area contributed by atoms with Crippen molar-refractivity contribution in [2.24, 2.45) is 5.92 Å². The van der Waals surface area contributed by atoms with Gasteiger partial charge in [-0.3, -0.25) is 14.4 Å². The Kier molecular flexibility index (Phi) is 4.20. The van der Waals surface area contributed by atoms with E-state index in [0.29, 0.717) is 17.7 Å². The van der Waals surface area contributed by atoms with Crippen molar-refractivity contribution >= 4 is 5.78 Å². The molecule has 0 spiro atoms. The maximum Gasteiger partial charge on any atom is 0.133 e. The van der Waals surface area contributed by atoms with E-state index in [0.717, 1.165) is 32.5 Å². The van der Waals surface area contributed by atoms with Crippen molar-refractivity contribution in [3.05, 3.63) is 18.0 Å². The minimum absolute atomic E-state index is 0.294. The van der Waals surface area contributed by atoms with Crippen LogP contribution >= 0.6 is 0 Å². The molecule has 3 rings (SSSR count). The molecule has 1 saturated heterocycles. The molecule has 0 bridgehead atoms. The first-order chi connectivity index (χ1) is 9.72. The maximum atomic E-state index is 11.4. The standard InChI is InChI=1S/C16H25N3O/c1-13(20)14-6-9-18(10-7-14)12-15-8-11-19(17-15)16-4-2-3-5-16/h8,11,14,16H,2-7,9-10,12H2,1H3. The monoisotopic (exact) mass is 275 g/mol. The minimum Gasteiger partial charge on any atom is -0.300 e. The second-order valence-corrected chi connectivity index (χ2v) is 6.39. The molecule has 0 aromatic carbocycles. The van der Waals surface area contributed by atoms with Gasteiger partial charge in [-0.25, -0.2) is 0 Å². The molecule has 0 radical (unpaired) electrons. The smallest absolute Gasteiger partial charge is 0.133 e. The molecule has 1 aliphatic heterocycles. The van der Waals surface area contributed by atoms with Crippen LogP contribution in [0.3, 0.4) is 0 Å². The Balaban J connectivity index is 1.52. The SMILES string of the molecule is CC(=O)C1CCN(Cc2ccn(C3CCCC3)n2)CC1. The molecule has 0 atom stereocenters. The number of rotatable bonds is 4. The average Bonchev–Trinajstić information content (AvgIpc) is 3.09. The van der Waals surface area contributed by atoms with Gasteiger partial charge in [-0.2, -0.15) is 5.10 Å². The lowest BCUT2D eigenvalue weighted by Gasteiger charge is -2.30. The van der Waals surface area contributed by atoms with Gasteiger partial charge in [-0.15, -0.1) is 0 Å². The van der Waals surface area contributed by atoms with E-state index >= 15 is 0 Å². The Morgan fingerprint density at radius 2 is 1.95 bits per heavy atom.